The molecule has 0 unspecified atom stereocenters. The van der Waals surface area contributed by atoms with Crippen LogP contribution in [-0.2, 0) is 30.9 Å². The molecule has 2 aromatic heterocycles. The molecular weight excluding hydrogens is 430 g/mol. The van der Waals surface area contributed by atoms with Gasteiger partial charge in [-0.1, -0.05) is 41.9 Å². The van der Waals surface area contributed by atoms with Gasteiger partial charge >= 0.3 is 0 Å². The molecule has 1 aliphatic rings. The Morgan fingerprint density at radius 2 is 2.03 bits per heavy atom. The molecule has 3 heterocycles. The van der Waals surface area contributed by atoms with E-state index >= 15 is 0 Å². The lowest BCUT2D eigenvalue weighted by molar-refractivity contribution is 0.0913. The van der Waals surface area contributed by atoms with Gasteiger partial charge in [-0.2, -0.15) is 0 Å². The molecule has 1 aromatic carbocycles. The Hall–Kier alpha value is -2.94. The molecule has 0 saturated carbocycles. The van der Waals surface area contributed by atoms with E-state index in [4.69, 9.17) is 20.8 Å². The van der Waals surface area contributed by atoms with Crippen molar-refractivity contribution >= 4 is 23.6 Å². The summed E-state index contributed by atoms with van der Waals surface area (Å²) in [5, 5.41) is 12.3. The first-order valence-corrected chi connectivity index (χ1v) is 10.9. The molecule has 8 nitrogen and oxygen atoms in total. The highest BCUT2D eigenvalue weighted by molar-refractivity contribution is 6.31. The van der Waals surface area contributed by atoms with Crippen molar-refractivity contribution < 1.29 is 13.9 Å². The van der Waals surface area contributed by atoms with Crippen LogP contribution < -0.4 is 5.32 Å². The van der Waals surface area contributed by atoms with Crippen LogP contribution in [0.5, 0.6) is 0 Å². The Kier molecular flexibility index (Phi) is 7.36. The van der Waals surface area contributed by atoms with E-state index in [1.165, 1.54) is 0 Å². The van der Waals surface area contributed by atoms with Crippen LogP contribution in [0.2, 0.25) is 0 Å². The van der Waals surface area contributed by atoms with E-state index in [1.807, 2.05) is 36.4 Å². The smallest absolute Gasteiger partial charge is 0.287 e. The van der Waals surface area contributed by atoms with Crippen molar-refractivity contribution in [1.29, 1.82) is 0 Å². The summed E-state index contributed by atoms with van der Waals surface area (Å²) in [7, 11) is 1.58. The van der Waals surface area contributed by atoms with Gasteiger partial charge in [-0.25, -0.2) is 0 Å². The van der Waals surface area contributed by atoms with Crippen LogP contribution in [0.1, 0.15) is 33.5 Å². The third-order valence-electron chi connectivity index (χ3n) is 5.27. The average Bonchev–Trinajstić information content (AvgIpc) is 3.37. The lowest BCUT2D eigenvalue weighted by atomic mass is 10.2. The zero-order valence-corrected chi connectivity index (χ0v) is 18.7. The SMILES string of the molecule is COCc1ccc(C(=O)NCc2nnc3n2CCN(C/C(Cl)=C/c2ccccc2)CC3)o1. The summed E-state index contributed by atoms with van der Waals surface area (Å²) in [6.45, 7) is 3.69. The van der Waals surface area contributed by atoms with Gasteiger partial charge in [0.25, 0.3) is 5.91 Å². The van der Waals surface area contributed by atoms with Gasteiger partial charge in [0.15, 0.2) is 11.6 Å². The maximum absolute atomic E-state index is 12.4. The number of furan rings is 1. The molecule has 0 aliphatic carbocycles. The van der Waals surface area contributed by atoms with Crippen LogP contribution in [0.25, 0.3) is 6.08 Å². The number of nitrogens with zero attached hydrogens (tertiary/aromatic N) is 4. The van der Waals surface area contributed by atoms with Crippen LogP contribution in [0.3, 0.4) is 0 Å². The van der Waals surface area contributed by atoms with Crippen molar-refractivity contribution in [3.05, 3.63) is 76.2 Å². The summed E-state index contributed by atoms with van der Waals surface area (Å²) in [5.41, 5.74) is 1.09. The molecule has 3 aromatic rings. The maximum atomic E-state index is 12.4. The minimum Gasteiger partial charge on any atom is -0.453 e. The Morgan fingerprint density at radius 1 is 1.19 bits per heavy atom. The summed E-state index contributed by atoms with van der Waals surface area (Å²) < 4.78 is 12.6. The van der Waals surface area contributed by atoms with Gasteiger partial charge in [-0.3, -0.25) is 9.69 Å². The molecule has 4 rings (SSSR count). The number of hydrogen-bond acceptors (Lipinski definition) is 6. The number of carbonyl (C=O) groups excluding carboxylic acids is 1. The summed E-state index contributed by atoms with van der Waals surface area (Å²) in [6, 6.07) is 13.4. The average molecular weight is 456 g/mol. The van der Waals surface area contributed by atoms with Gasteiger partial charge in [-0.05, 0) is 23.8 Å². The van der Waals surface area contributed by atoms with E-state index < -0.39 is 0 Å². The van der Waals surface area contributed by atoms with Crippen LogP contribution in [0, 0.1) is 0 Å². The number of fused-ring (bicyclic) bond motifs is 1. The second-order valence-corrected chi connectivity index (χ2v) is 8.08. The van der Waals surface area contributed by atoms with E-state index in [1.54, 1.807) is 19.2 Å². The van der Waals surface area contributed by atoms with Crippen LogP contribution >= 0.6 is 11.6 Å². The molecule has 32 heavy (non-hydrogen) atoms. The normalized spacial score (nSPS) is 14.8. The van der Waals surface area contributed by atoms with Gasteiger partial charge in [0.1, 0.15) is 18.2 Å². The van der Waals surface area contributed by atoms with E-state index in [0.29, 0.717) is 18.9 Å². The van der Waals surface area contributed by atoms with Crippen molar-refractivity contribution in [2.24, 2.45) is 0 Å². The summed E-state index contributed by atoms with van der Waals surface area (Å²) in [4.78, 5) is 14.7. The molecule has 0 saturated heterocycles. The minimum absolute atomic E-state index is 0.249. The number of ether oxygens (including phenoxy) is 1. The second kappa shape index (κ2) is 10.6. The van der Waals surface area contributed by atoms with Gasteiger partial charge in [-0.15, -0.1) is 10.2 Å². The fourth-order valence-electron chi connectivity index (χ4n) is 3.67. The topological polar surface area (TPSA) is 85.4 Å². The van der Waals surface area contributed by atoms with Crippen molar-refractivity contribution in [1.82, 2.24) is 25.0 Å². The van der Waals surface area contributed by atoms with E-state index in [-0.39, 0.29) is 18.2 Å². The number of hydrogen-bond donors (Lipinski definition) is 1. The first-order chi connectivity index (χ1) is 15.6. The zero-order chi connectivity index (χ0) is 22.3. The van der Waals surface area contributed by atoms with Gasteiger partial charge in [0.05, 0.1) is 6.54 Å². The van der Waals surface area contributed by atoms with Gasteiger partial charge in [0, 0.05) is 44.7 Å². The Balaban J connectivity index is 1.32. The highest BCUT2D eigenvalue weighted by Crippen LogP contribution is 2.15. The molecule has 9 heteroatoms. The van der Waals surface area contributed by atoms with E-state index in [9.17, 15) is 4.79 Å². The predicted molar refractivity (Wildman–Crippen MR) is 121 cm³/mol. The Morgan fingerprint density at radius 3 is 2.84 bits per heavy atom. The minimum atomic E-state index is -0.294. The standard InChI is InChI=1S/C23H26ClN5O3/c1-31-16-19-7-8-20(32-19)23(30)25-14-22-27-26-21-9-10-28(11-12-29(21)22)15-18(24)13-17-5-3-2-4-6-17/h2-8,13H,9-12,14-16H2,1H3,(H,25,30)/b18-13-. The first kappa shape index (κ1) is 22.3. The van der Waals surface area contributed by atoms with E-state index in [0.717, 1.165) is 48.3 Å². The first-order valence-electron chi connectivity index (χ1n) is 10.5. The van der Waals surface area contributed by atoms with Crippen LogP contribution in [0.4, 0.5) is 0 Å². The van der Waals surface area contributed by atoms with Crippen LogP contribution in [-0.4, -0.2) is 52.3 Å². The highest BCUT2D eigenvalue weighted by atomic mass is 35.5. The lowest BCUT2D eigenvalue weighted by Gasteiger charge is -2.19. The maximum Gasteiger partial charge on any atom is 0.287 e. The predicted octanol–water partition coefficient (Wildman–Crippen LogP) is 3.09. The molecule has 0 radical (unpaired) electrons. The third kappa shape index (κ3) is 5.64. The van der Waals surface area contributed by atoms with Crippen molar-refractivity contribution in [2.45, 2.75) is 26.1 Å². The largest absolute Gasteiger partial charge is 0.453 e. The molecule has 0 fully saturated rings. The highest BCUT2D eigenvalue weighted by Gasteiger charge is 2.20. The fourth-order valence-corrected chi connectivity index (χ4v) is 3.97. The number of halogens is 1. The van der Waals surface area contributed by atoms with E-state index in [2.05, 4.69) is 25.0 Å². The van der Waals surface area contributed by atoms with Crippen LogP contribution in [0.15, 0.2) is 51.9 Å². The molecular formula is C23H26ClN5O3. The molecule has 0 bridgehead atoms. The Labute approximate surface area is 191 Å². The molecule has 1 amide bonds. The van der Waals surface area contributed by atoms with Crippen molar-refractivity contribution in [3.63, 3.8) is 0 Å². The molecule has 0 spiro atoms. The monoisotopic (exact) mass is 455 g/mol. The number of nitrogens with one attached hydrogen (secondary N) is 1. The zero-order valence-electron chi connectivity index (χ0n) is 18.0. The number of carbonyl (C=O) groups is 1. The van der Waals surface area contributed by atoms with Crippen molar-refractivity contribution in [3.8, 4) is 0 Å². The molecule has 1 N–H and O–H groups in total. The van der Waals surface area contributed by atoms with Gasteiger partial charge < -0.3 is 19.0 Å². The summed E-state index contributed by atoms with van der Waals surface area (Å²) in [6.07, 6.45) is 2.77. The van der Waals surface area contributed by atoms with Crippen molar-refractivity contribution in [2.75, 3.05) is 26.7 Å². The third-order valence-corrected chi connectivity index (χ3v) is 5.50. The number of benzene rings is 1. The lowest BCUT2D eigenvalue weighted by Crippen LogP contribution is -2.29. The summed E-state index contributed by atoms with van der Waals surface area (Å²) >= 11 is 6.50. The van der Waals surface area contributed by atoms with Gasteiger partial charge in [0.2, 0.25) is 0 Å². The molecule has 1 aliphatic heterocycles. The summed E-state index contributed by atoms with van der Waals surface area (Å²) in [5.74, 6) is 2.20. The number of rotatable bonds is 8. The number of methoxy groups -OCH3 is 1. The number of amides is 1. The quantitative estimate of drug-likeness (QED) is 0.561. The Bertz CT molecular complexity index is 1080. The second-order valence-electron chi connectivity index (χ2n) is 7.59. The molecule has 168 valence electrons. The fraction of sp³-hybridized carbons (Fsp3) is 0.348. The number of aromatic nitrogens is 3. The molecule has 0 atom stereocenters.